The molecular formula is C16H34IN5O2. The predicted molar refractivity (Wildman–Crippen MR) is 109 cm³/mol. The molecule has 7 nitrogen and oxygen atoms in total. The van der Waals surface area contributed by atoms with Crippen LogP contribution in [-0.2, 0) is 4.74 Å². The molecule has 0 bridgehead atoms. The Bertz CT molecular complexity index is 379. The third-order valence-corrected chi connectivity index (χ3v) is 3.45. The number of alkyl carbamates (subject to hydrolysis) is 1. The van der Waals surface area contributed by atoms with Gasteiger partial charge in [0.2, 0.25) is 0 Å². The van der Waals surface area contributed by atoms with Gasteiger partial charge in [0.15, 0.2) is 5.96 Å². The van der Waals surface area contributed by atoms with Crippen LogP contribution in [0.4, 0.5) is 4.79 Å². The van der Waals surface area contributed by atoms with Crippen LogP contribution in [0.5, 0.6) is 0 Å². The second-order valence-corrected chi connectivity index (χ2v) is 6.76. The highest BCUT2D eigenvalue weighted by Gasteiger charge is 2.15. The Morgan fingerprint density at radius 3 is 2.25 bits per heavy atom. The summed E-state index contributed by atoms with van der Waals surface area (Å²) in [4.78, 5) is 18.2. The SMILES string of the molecule is CN=C(NCCCN1CCCC1)NCCNC(=O)OC(C)(C)C.I. The maximum absolute atomic E-state index is 11.5. The number of rotatable bonds is 7. The fourth-order valence-corrected chi connectivity index (χ4v) is 2.40. The van der Waals surface area contributed by atoms with E-state index < -0.39 is 11.7 Å². The third-order valence-electron chi connectivity index (χ3n) is 3.45. The van der Waals surface area contributed by atoms with Gasteiger partial charge in [-0.25, -0.2) is 4.79 Å². The second-order valence-electron chi connectivity index (χ2n) is 6.76. The van der Waals surface area contributed by atoms with E-state index in [0.29, 0.717) is 13.1 Å². The minimum atomic E-state index is -0.468. The number of aliphatic imine (C=N–C) groups is 1. The van der Waals surface area contributed by atoms with Gasteiger partial charge in [0.1, 0.15) is 5.60 Å². The first-order valence-electron chi connectivity index (χ1n) is 8.54. The van der Waals surface area contributed by atoms with Crippen LogP contribution in [0.3, 0.4) is 0 Å². The summed E-state index contributed by atoms with van der Waals surface area (Å²) in [5.74, 6) is 0.761. The summed E-state index contributed by atoms with van der Waals surface area (Å²) in [5, 5.41) is 9.17. The van der Waals surface area contributed by atoms with Gasteiger partial charge in [0.25, 0.3) is 0 Å². The van der Waals surface area contributed by atoms with Crippen molar-refractivity contribution in [1.29, 1.82) is 0 Å². The van der Waals surface area contributed by atoms with Crippen molar-refractivity contribution in [1.82, 2.24) is 20.9 Å². The monoisotopic (exact) mass is 455 g/mol. The largest absolute Gasteiger partial charge is 0.444 e. The van der Waals surface area contributed by atoms with Gasteiger partial charge in [0.05, 0.1) is 0 Å². The first-order valence-corrected chi connectivity index (χ1v) is 8.54. The van der Waals surface area contributed by atoms with Gasteiger partial charge in [-0.05, 0) is 59.7 Å². The van der Waals surface area contributed by atoms with Crippen molar-refractivity contribution >= 4 is 36.0 Å². The number of hydrogen-bond acceptors (Lipinski definition) is 4. The molecule has 0 aliphatic carbocycles. The summed E-state index contributed by atoms with van der Waals surface area (Å²) in [5.41, 5.74) is -0.468. The van der Waals surface area contributed by atoms with Crippen LogP contribution in [-0.4, -0.2) is 68.9 Å². The normalized spacial score (nSPS) is 15.6. The number of nitrogens with one attached hydrogen (secondary N) is 3. The third kappa shape index (κ3) is 11.7. The molecule has 0 unspecified atom stereocenters. The highest BCUT2D eigenvalue weighted by Crippen LogP contribution is 2.07. The molecular weight excluding hydrogens is 421 g/mol. The lowest BCUT2D eigenvalue weighted by Gasteiger charge is -2.20. The molecule has 8 heteroatoms. The van der Waals surface area contributed by atoms with Crippen LogP contribution in [0.15, 0.2) is 4.99 Å². The fraction of sp³-hybridized carbons (Fsp3) is 0.875. The summed E-state index contributed by atoms with van der Waals surface area (Å²) in [6.45, 7) is 11.1. The van der Waals surface area contributed by atoms with Crippen molar-refractivity contribution < 1.29 is 9.53 Å². The number of ether oxygens (including phenoxy) is 1. The number of halogens is 1. The van der Waals surface area contributed by atoms with E-state index >= 15 is 0 Å². The van der Waals surface area contributed by atoms with E-state index in [4.69, 9.17) is 4.74 Å². The molecule has 0 aromatic rings. The molecule has 0 atom stereocenters. The van der Waals surface area contributed by atoms with Gasteiger partial charge >= 0.3 is 6.09 Å². The number of nitrogens with zero attached hydrogens (tertiary/aromatic N) is 2. The molecule has 1 amide bonds. The number of hydrogen-bond donors (Lipinski definition) is 3. The zero-order valence-electron chi connectivity index (χ0n) is 15.5. The van der Waals surface area contributed by atoms with E-state index in [1.54, 1.807) is 7.05 Å². The molecule has 0 radical (unpaired) electrons. The number of guanidine groups is 1. The lowest BCUT2D eigenvalue weighted by Crippen LogP contribution is -2.43. The summed E-state index contributed by atoms with van der Waals surface area (Å²) in [7, 11) is 1.75. The minimum absolute atomic E-state index is 0. The molecule has 0 aromatic carbocycles. The van der Waals surface area contributed by atoms with E-state index in [1.165, 1.54) is 25.9 Å². The average molecular weight is 455 g/mol. The standard InChI is InChI=1S/C16H33N5O2.HI/c1-16(2,3)23-15(22)20-10-9-19-14(17-4)18-8-7-13-21-11-5-6-12-21;/h5-13H2,1-4H3,(H,20,22)(H2,17,18,19);1H. The fourth-order valence-electron chi connectivity index (χ4n) is 2.40. The zero-order valence-corrected chi connectivity index (χ0v) is 17.8. The Kier molecular flexibility index (Phi) is 12.2. The minimum Gasteiger partial charge on any atom is -0.444 e. The average Bonchev–Trinajstić information content (AvgIpc) is 2.97. The van der Waals surface area contributed by atoms with Crippen molar-refractivity contribution in [2.24, 2.45) is 4.99 Å². The number of likely N-dealkylation sites (tertiary alicyclic amines) is 1. The maximum Gasteiger partial charge on any atom is 0.407 e. The van der Waals surface area contributed by atoms with Gasteiger partial charge in [-0.15, -0.1) is 24.0 Å². The smallest absolute Gasteiger partial charge is 0.407 e. The van der Waals surface area contributed by atoms with E-state index in [9.17, 15) is 4.79 Å². The van der Waals surface area contributed by atoms with Crippen LogP contribution in [0, 0.1) is 0 Å². The van der Waals surface area contributed by atoms with Gasteiger partial charge in [-0.1, -0.05) is 0 Å². The molecule has 1 saturated heterocycles. The summed E-state index contributed by atoms with van der Waals surface area (Å²) < 4.78 is 5.17. The van der Waals surface area contributed by atoms with Crippen molar-refractivity contribution in [3.8, 4) is 0 Å². The Balaban J connectivity index is 0.00000529. The number of carbonyl (C=O) groups is 1. The molecule has 1 rings (SSSR count). The van der Waals surface area contributed by atoms with Crippen molar-refractivity contribution in [2.75, 3.05) is 46.3 Å². The topological polar surface area (TPSA) is 78.0 Å². The Hall–Kier alpha value is -0.770. The molecule has 24 heavy (non-hydrogen) atoms. The molecule has 1 fully saturated rings. The lowest BCUT2D eigenvalue weighted by molar-refractivity contribution is 0.0529. The Morgan fingerprint density at radius 1 is 1.08 bits per heavy atom. The van der Waals surface area contributed by atoms with Crippen LogP contribution >= 0.6 is 24.0 Å². The quantitative estimate of drug-likeness (QED) is 0.236. The molecule has 0 spiro atoms. The van der Waals surface area contributed by atoms with Gasteiger partial charge in [-0.3, -0.25) is 4.99 Å². The Morgan fingerprint density at radius 2 is 1.67 bits per heavy atom. The van der Waals surface area contributed by atoms with Crippen molar-refractivity contribution in [2.45, 2.75) is 45.6 Å². The maximum atomic E-state index is 11.5. The van der Waals surface area contributed by atoms with Crippen LogP contribution in [0.1, 0.15) is 40.0 Å². The van der Waals surface area contributed by atoms with Crippen LogP contribution in [0.25, 0.3) is 0 Å². The summed E-state index contributed by atoms with van der Waals surface area (Å²) in [6, 6.07) is 0. The number of carbonyl (C=O) groups excluding carboxylic acids is 1. The summed E-state index contributed by atoms with van der Waals surface area (Å²) in [6.07, 6.45) is 3.38. The summed E-state index contributed by atoms with van der Waals surface area (Å²) >= 11 is 0. The first-order chi connectivity index (χ1) is 10.9. The molecule has 1 heterocycles. The van der Waals surface area contributed by atoms with E-state index in [-0.39, 0.29) is 24.0 Å². The lowest BCUT2D eigenvalue weighted by atomic mass is 10.2. The van der Waals surface area contributed by atoms with Crippen LogP contribution in [0.2, 0.25) is 0 Å². The van der Waals surface area contributed by atoms with Gasteiger partial charge in [-0.2, -0.15) is 0 Å². The van der Waals surface area contributed by atoms with Gasteiger partial charge in [0, 0.05) is 26.7 Å². The molecule has 0 saturated carbocycles. The van der Waals surface area contributed by atoms with E-state index in [1.807, 2.05) is 20.8 Å². The van der Waals surface area contributed by atoms with E-state index in [0.717, 1.165) is 25.5 Å². The second kappa shape index (κ2) is 12.6. The van der Waals surface area contributed by atoms with Crippen molar-refractivity contribution in [3.63, 3.8) is 0 Å². The Labute approximate surface area is 163 Å². The first kappa shape index (κ1) is 23.2. The van der Waals surface area contributed by atoms with E-state index in [2.05, 4.69) is 25.8 Å². The van der Waals surface area contributed by atoms with Crippen LogP contribution < -0.4 is 16.0 Å². The van der Waals surface area contributed by atoms with Gasteiger partial charge < -0.3 is 25.6 Å². The highest BCUT2D eigenvalue weighted by molar-refractivity contribution is 14.0. The molecule has 1 aliphatic heterocycles. The van der Waals surface area contributed by atoms with Crippen molar-refractivity contribution in [3.05, 3.63) is 0 Å². The molecule has 142 valence electrons. The highest BCUT2D eigenvalue weighted by atomic mass is 127. The zero-order chi connectivity index (χ0) is 17.1. The molecule has 3 N–H and O–H groups in total. The predicted octanol–water partition coefficient (Wildman–Crippen LogP) is 1.78. The molecule has 0 aromatic heterocycles. The number of amides is 1. The molecule has 1 aliphatic rings.